The van der Waals surface area contributed by atoms with Crippen molar-refractivity contribution >= 4 is 34.4 Å². The molecule has 5 atom stereocenters. The van der Waals surface area contributed by atoms with Crippen LogP contribution < -0.4 is 21.3 Å². The molecule has 3 aromatic rings. The van der Waals surface area contributed by atoms with E-state index in [1.807, 2.05) is 107 Å². The van der Waals surface area contributed by atoms with Gasteiger partial charge in [0.2, 0.25) is 23.6 Å². The number of carbonyl (C=O) groups excluding carboxylic acids is 4. The number of rotatable bonds is 21. The smallest absolute Gasteiger partial charge is 0.243 e. The van der Waals surface area contributed by atoms with Crippen molar-refractivity contribution in [1.29, 1.82) is 0 Å². The van der Waals surface area contributed by atoms with E-state index in [-0.39, 0.29) is 42.9 Å². The van der Waals surface area contributed by atoms with Gasteiger partial charge in [-0.25, -0.2) is 0 Å². The van der Waals surface area contributed by atoms with Crippen molar-refractivity contribution in [3.8, 4) is 0 Å². The Labute approximate surface area is 304 Å². The van der Waals surface area contributed by atoms with Gasteiger partial charge < -0.3 is 26.4 Å². The van der Waals surface area contributed by atoms with Gasteiger partial charge in [-0.15, -0.1) is 0 Å². The van der Waals surface area contributed by atoms with Crippen LogP contribution in [0.2, 0.25) is 0 Å². The molecule has 0 saturated heterocycles. The van der Waals surface area contributed by atoms with Gasteiger partial charge >= 0.3 is 0 Å². The average Bonchev–Trinajstić information content (AvgIpc) is 3.09. The molecule has 5 N–H and O–H groups in total. The summed E-state index contributed by atoms with van der Waals surface area (Å²) in [5, 5.41) is 24.9. The molecule has 0 aliphatic heterocycles. The summed E-state index contributed by atoms with van der Waals surface area (Å²) in [4.78, 5) is 53.9. The van der Waals surface area contributed by atoms with Crippen LogP contribution in [0.5, 0.6) is 0 Å². The molecule has 0 aliphatic rings. The molecule has 3 unspecified atom stereocenters. The molecule has 0 aromatic heterocycles. The Balaban J connectivity index is 1.78. The Morgan fingerprint density at radius 1 is 0.706 bits per heavy atom. The Kier molecular flexibility index (Phi) is 17.1. The number of amides is 4. The first kappa shape index (κ1) is 41.2. The Morgan fingerprint density at radius 2 is 1.35 bits per heavy atom. The zero-order chi connectivity index (χ0) is 37.3. The fourth-order valence-corrected chi connectivity index (χ4v) is 6.18. The van der Waals surface area contributed by atoms with E-state index in [4.69, 9.17) is 0 Å². The van der Waals surface area contributed by atoms with Crippen LogP contribution >= 0.6 is 0 Å². The van der Waals surface area contributed by atoms with Crippen LogP contribution in [0, 0.1) is 17.8 Å². The van der Waals surface area contributed by atoms with Crippen LogP contribution in [-0.4, -0.2) is 59.5 Å². The molecule has 278 valence electrons. The van der Waals surface area contributed by atoms with Gasteiger partial charge in [0.05, 0.1) is 18.6 Å². The highest BCUT2D eigenvalue weighted by molar-refractivity contribution is 5.93. The van der Waals surface area contributed by atoms with Crippen molar-refractivity contribution in [3.05, 3.63) is 83.9 Å². The lowest BCUT2D eigenvalue weighted by Crippen LogP contribution is -2.57. The number of fused-ring (bicyclic) bond motifs is 1. The number of nitrogens with one attached hydrogen (secondary N) is 4. The summed E-state index contributed by atoms with van der Waals surface area (Å²) >= 11 is 0. The van der Waals surface area contributed by atoms with Gasteiger partial charge in [-0.3, -0.25) is 19.2 Å². The van der Waals surface area contributed by atoms with Gasteiger partial charge in [-0.1, -0.05) is 121 Å². The molecule has 0 fully saturated rings. The van der Waals surface area contributed by atoms with E-state index < -0.39 is 36.0 Å². The molecule has 0 heterocycles. The van der Waals surface area contributed by atoms with Crippen molar-refractivity contribution in [3.63, 3.8) is 0 Å². The molecular formula is C42H60N4O5. The van der Waals surface area contributed by atoms with E-state index >= 15 is 0 Å². The predicted octanol–water partition coefficient (Wildman–Crippen LogP) is 5.87. The Hall–Kier alpha value is -4.24. The Bertz CT molecular complexity index is 1540. The predicted molar refractivity (Wildman–Crippen MR) is 205 cm³/mol. The standard InChI is InChI=1S/C42H60N4O5/c1-7-30(6)27-43-40(49)26-38(47)35(23-28(2)3)45-41(50)36(24-29(4)5)46-42(51)37(25-33-20-14-19-32-18-11-12-21-34(32)33)44-39(48)22-13-17-31-15-9-8-10-16-31/h8-12,14-16,18-21,28-30,35-38,47H,7,13,17,22-27H2,1-6H3,(H,43,49)(H,44,48)(H,45,50)(H,46,51)/t30?,35?,36-,37-,38?/m0/s1. The number of benzene rings is 3. The molecule has 3 rings (SSSR count). The first-order valence-electron chi connectivity index (χ1n) is 18.7. The number of hydrogen-bond acceptors (Lipinski definition) is 5. The lowest BCUT2D eigenvalue weighted by Gasteiger charge is -2.29. The van der Waals surface area contributed by atoms with Gasteiger partial charge in [0.1, 0.15) is 12.1 Å². The van der Waals surface area contributed by atoms with Crippen molar-refractivity contribution < 1.29 is 24.3 Å². The van der Waals surface area contributed by atoms with Crippen LogP contribution in [0.1, 0.15) is 91.2 Å². The minimum absolute atomic E-state index is 0.0601. The van der Waals surface area contributed by atoms with Crippen LogP contribution in [0.15, 0.2) is 72.8 Å². The third kappa shape index (κ3) is 14.5. The van der Waals surface area contributed by atoms with Crippen LogP contribution in [0.3, 0.4) is 0 Å². The fraction of sp³-hybridized carbons (Fsp3) is 0.524. The van der Waals surface area contributed by atoms with E-state index in [2.05, 4.69) is 28.2 Å². The summed E-state index contributed by atoms with van der Waals surface area (Å²) in [6.07, 6.45) is 2.37. The normalized spacial score (nSPS) is 14.4. The SMILES string of the molecule is CCC(C)CNC(=O)CC(O)C(CC(C)C)NC(=O)[C@H](CC(C)C)NC(=O)[C@H](Cc1cccc2ccccc12)NC(=O)CCCc1ccccc1. The first-order chi connectivity index (χ1) is 24.4. The second-order valence-electron chi connectivity index (χ2n) is 14.8. The van der Waals surface area contributed by atoms with Gasteiger partial charge in [0.25, 0.3) is 0 Å². The van der Waals surface area contributed by atoms with Gasteiger partial charge in [-0.2, -0.15) is 0 Å². The number of aryl methyl sites for hydroxylation is 1. The second-order valence-corrected chi connectivity index (χ2v) is 14.8. The van der Waals surface area contributed by atoms with Crippen LogP contribution in [0.25, 0.3) is 10.8 Å². The third-order valence-corrected chi connectivity index (χ3v) is 9.26. The highest BCUT2D eigenvalue weighted by Gasteiger charge is 2.31. The van der Waals surface area contributed by atoms with Crippen LogP contribution in [0.4, 0.5) is 0 Å². The summed E-state index contributed by atoms with van der Waals surface area (Å²) in [6.45, 7) is 12.5. The van der Waals surface area contributed by atoms with Crippen LogP contribution in [-0.2, 0) is 32.0 Å². The molecular weight excluding hydrogens is 640 g/mol. The van der Waals surface area contributed by atoms with Gasteiger partial charge in [0, 0.05) is 19.4 Å². The zero-order valence-corrected chi connectivity index (χ0v) is 31.4. The zero-order valence-electron chi connectivity index (χ0n) is 31.4. The molecule has 0 aliphatic carbocycles. The van der Waals surface area contributed by atoms with Gasteiger partial charge in [-0.05, 0) is 65.3 Å². The maximum atomic E-state index is 14.1. The lowest BCUT2D eigenvalue weighted by molar-refractivity contribution is -0.133. The summed E-state index contributed by atoms with van der Waals surface area (Å²) in [5.74, 6) is -0.874. The highest BCUT2D eigenvalue weighted by atomic mass is 16.3. The number of aliphatic hydroxyl groups excluding tert-OH is 1. The third-order valence-electron chi connectivity index (χ3n) is 9.26. The number of hydrogen-bond donors (Lipinski definition) is 5. The second kappa shape index (κ2) is 21.2. The van der Waals surface area contributed by atoms with Crippen molar-refractivity contribution in [2.75, 3.05) is 6.54 Å². The number of carbonyl (C=O) groups is 4. The molecule has 0 bridgehead atoms. The van der Waals surface area contributed by atoms with Crippen molar-refractivity contribution in [2.45, 2.75) is 117 Å². The van der Waals surface area contributed by atoms with E-state index in [0.29, 0.717) is 31.7 Å². The molecule has 0 spiro atoms. The minimum atomic E-state index is -1.10. The quantitative estimate of drug-likeness (QED) is 0.0948. The summed E-state index contributed by atoms with van der Waals surface area (Å²) < 4.78 is 0. The van der Waals surface area contributed by atoms with E-state index in [9.17, 15) is 24.3 Å². The molecule has 0 radical (unpaired) electrons. The average molecular weight is 701 g/mol. The molecule has 0 saturated carbocycles. The largest absolute Gasteiger partial charge is 0.390 e. The summed E-state index contributed by atoms with van der Waals surface area (Å²) in [6, 6.07) is 21.3. The maximum absolute atomic E-state index is 14.1. The monoisotopic (exact) mass is 700 g/mol. The molecule has 51 heavy (non-hydrogen) atoms. The Morgan fingerprint density at radius 3 is 2.04 bits per heavy atom. The van der Waals surface area contributed by atoms with E-state index in [1.165, 1.54) is 0 Å². The summed E-state index contributed by atoms with van der Waals surface area (Å²) in [7, 11) is 0. The first-order valence-corrected chi connectivity index (χ1v) is 18.7. The molecule has 9 nitrogen and oxygen atoms in total. The molecule has 9 heteroatoms. The lowest BCUT2D eigenvalue weighted by atomic mass is 9.95. The topological polar surface area (TPSA) is 137 Å². The highest BCUT2D eigenvalue weighted by Crippen LogP contribution is 2.21. The maximum Gasteiger partial charge on any atom is 0.243 e. The van der Waals surface area contributed by atoms with E-state index in [0.717, 1.165) is 34.7 Å². The fourth-order valence-electron chi connectivity index (χ4n) is 6.18. The summed E-state index contributed by atoms with van der Waals surface area (Å²) in [5.41, 5.74) is 2.06. The van der Waals surface area contributed by atoms with Crippen molar-refractivity contribution in [2.24, 2.45) is 17.8 Å². The molecule has 3 aromatic carbocycles. The molecule has 4 amide bonds. The van der Waals surface area contributed by atoms with Gasteiger partial charge in [0.15, 0.2) is 0 Å². The van der Waals surface area contributed by atoms with Crippen molar-refractivity contribution in [1.82, 2.24) is 21.3 Å². The minimum Gasteiger partial charge on any atom is -0.390 e. The number of aliphatic hydroxyl groups is 1. The van der Waals surface area contributed by atoms with E-state index in [1.54, 1.807) is 0 Å².